The molecule has 6 heteroatoms. The van der Waals surface area contributed by atoms with E-state index in [0.29, 0.717) is 5.56 Å². The Morgan fingerprint density at radius 2 is 1.75 bits per heavy atom. The fraction of sp³-hybridized carbons (Fsp3) is 0.143. The SMILES string of the molecule is COc1cc(C(N)c2c(F)ccc(Br)c2F)ccc1F. The van der Waals surface area contributed by atoms with Crippen molar-refractivity contribution in [2.45, 2.75) is 6.04 Å². The molecule has 1 unspecified atom stereocenters. The Kier molecular flexibility index (Phi) is 4.35. The Hall–Kier alpha value is -1.53. The highest BCUT2D eigenvalue weighted by molar-refractivity contribution is 9.10. The van der Waals surface area contributed by atoms with Crippen molar-refractivity contribution in [2.75, 3.05) is 7.11 Å². The Bertz CT molecular complexity index is 649. The fourth-order valence-electron chi connectivity index (χ4n) is 1.86. The molecule has 0 amide bonds. The normalized spacial score (nSPS) is 12.3. The smallest absolute Gasteiger partial charge is 0.165 e. The second kappa shape index (κ2) is 5.85. The van der Waals surface area contributed by atoms with E-state index in [1.807, 2.05) is 0 Å². The van der Waals surface area contributed by atoms with Crippen LogP contribution in [0.15, 0.2) is 34.8 Å². The van der Waals surface area contributed by atoms with E-state index in [-0.39, 0.29) is 15.8 Å². The molecule has 0 spiro atoms. The van der Waals surface area contributed by atoms with Crippen LogP contribution in [-0.2, 0) is 0 Å². The Labute approximate surface area is 122 Å². The summed E-state index contributed by atoms with van der Waals surface area (Å²) in [5, 5.41) is 0. The van der Waals surface area contributed by atoms with Crippen molar-refractivity contribution in [1.82, 2.24) is 0 Å². The zero-order chi connectivity index (χ0) is 14.9. The van der Waals surface area contributed by atoms with Gasteiger partial charge in [0.15, 0.2) is 11.6 Å². The van der Waals surface area contributed by atoms with Gasteiger partial charge in [-0.25, -0.2) is 13.2 Å². The van der Waals surface area contributed by atoms with E-state index in [1.54, 1.807) is 0 Å². The van der Waals surface area contributed by atoms with E-state index in [9.17, 15) is 13.2 Å². The van der Waals surface area contributed by atoms with Crippen LogP contribution in [0.4, 0.5) is 13.2 Å². The number of halogens is 4. The summed E-state index contributed by atoms with van der Waals surface area (Å²) in [7, 11) is 1.30. The third-order valence-corrected chi connectivity index (χ3v) is 3.54. The van der Waals surface area contributed by atoms with Crippen molar-refractivity contribution in [3.05, 3.63) is 63.4 Å². The molecule has 0 saturated carbocycles. The van der Waals surface area contributed by atoms with Gasteiger partial charge < -0.3 is 10.5 Å². The molecule has 0 radical (unpaired) electrons. The van der Waals surface area contributed by atoms with Gasteiger partial charge in [-0.05, 0) is 45.8 Å². The van der Waals surface area contributed by atoms with Crippen molar-refractivity contribution in [3.63, 3.8) is 0 Å². The van der Waals surface area contributed by atoms with Gasteiger partial charge in [-0.1, -0.05) is 6.07 Å². The maximum Gasteiger partial charge on any atom is 0.165 e. The van der Waals surface area contributed by atoms with Gasteiger partial charge in [-0.2, -0.15) is 0 Å². The first-order chi connectivity index (χ1) is 9.45. The maximum absolute atomic E-state index is 14.0. The van der Waals surface area contributed by atoms with Crippen molar-refractivity contribution < 1.29 is 17.9 Å². The van der Waals surface area contributed by atoms with E-state index in [4.69, 9.17) is 10.5 Å². The molecule has 0 saturated heterocycles. The average Bonchev–Trinajstić information content (AvgIpc) is 2.43. The van der Waals surface area contributed by atoms with Crippen LogP contribution in [0.3, 0.4) is 0 Å². The lowest BCUT2D eigenvalue weighted by atomic mass is 9.98. The second-order valence-corrected chi connectivity index (χ2v) is 4.98. The molecule has 0 aromatic heterocycles. The molecule has 2 nitrogen and oxygen atoms in total. The van der Waals surface area contributed by atoms with Crippen LogP contribution in [-0.4, -0.2) is 7.11 Å². The molecule has 2 rings (SSSR count). The zero-order valence-corrected chi connectivity index (χ0v) is 12.0. The maximum atomic E-state index is 14.0. The van der Waals surface area contributed by atoms with E-state index in [0.717, 1.165) is 12.1 Å². The monoisotopic (exact) mass is 345 g/mol. The summed E-state index contributed by atoms with van der Waals surface area (Å²) in [5.74, 6) is -2.14. The molecule has 106 valence electrons. The summed E-state index contributed by atoms with van der Waals surface area (Å²) in [5.41, 5.74) is 5.94. The van der Waals surface area contributed by atoms with Gasteiger partial charge in [0.2, 0.25) is 0 Å². The number of nitrogens with two attached hydrogens (primary N) is 1. The first kappa shape index (κ1) is 14.9. The van der Waals surface area contributed by atoms with Gasteiger partial charge >= 0.3 is 0 Å². The average molecular weight is 346 g/mol. The second-order valence-electron chi connectivity index (χ2n) is 4.13. The summed E-state index contributed by atoms with van der Waals surface area (Å²) in [6.07, 6.45) is 0. The molecule has 0 aliphatic heterocycles. The lowest BCUT2D eigenvalue weighted by Gasteiger charge is -2.16. The van der Waals surface area contributed by atoms with E-state index >= 15 is 0 Å². The summed E-state index contributed by atoms with van der Waals surface area (Å²) in [6.45, 7) is 0. The molecular weight excluding hydrogens is 335 g/mol. The first-order valence-electron chi connectivity index (χ1n) is 5.68. The highest BCUT2D eigenvalue weighted by Gasteiger charge is 2.21. The minimum absolute atomic E-state index is 0.0336. The molecule has 0 aliphatic rings. The number of ether oxygens (including phenoxy) is 1. The van der Waals surface area contributed by atoms with Gasteiger partial charge in [0.05, 0.1) is 17.6 Å². The largest absolute Gasteiger partial charge is 0.494 e. The molecule has 2 aromatic carbocycles. The van der Waals surface area contributed by atoms with Crippen LogP contribution in [0.5, 0.6) is 5.75 Å². The molecule has 2 N–H and O–H groups in total. The third kappa shape index (κ3) is 2.66. The highest BCUT2D eigenvalue weighted by Crippen LogP contribution is 2.31. The lowest BCUT2D eigenvalue weighted by molar-refractivity contribution is 0.385. The van der Waals surface area contributed by atoms with Gasteiger partial charge in [0, 0.05) is 5.56 Å². The molecule has 20 heavy (non-hydrogen) atoms. The Morgan fingerprint density at radius 1 is 1.10 bits per heavy atom. The van der Waals surface area contributed by atoms with Gasteiger partial charge in [0.1, 0.15) is 11.6 Å². The molecular formula is C14H11BrF3NO. The Balaban J connectivity index is 2.51. The van der Waals surface area contributed by atoms with Crippen LogP contribution < -0.4 is 10.5 Å². The zero-order valence-electron chi connectivity index (χ0n) is 10.5. The number of benzene rings is 2. The standard InChI is InChI=1S/C14H11BrF3NO/c1-20-11-6-7(2-4-9(11)16)14(19)12-10(17)5-3-8(15)13(12)18/h2-6,14H,19H2,1H3. The summed E-state index contributed by atoms with van der Waals surface area (Å²) < 4.78 is 46.0. The Morgan fingerprint density at radius 3 is 2.40 bits per heavy atom. The van der Waals surface area contributed by atoms with Crippen LogP contribution >= 0.6 is 15.9 Å². The minimum atomic E-state index is -1.07. The summed E-state index contributed by atoms with van der Waals surface area (Å²) >= 11 is 2.98. The van der Waals surface area contributed by atoms with Crippen LogP contribution in [0, 0.1) is 17.5 Å². The molecule has 0 fully saturated rings. The van der Waals surface area contributed by atoms with Crippen LogP contribution in [0.1, 0.15) is 17.2 Å². The topological polar surface area (TPSA) is 35.2 Å². The highest BCUT2D eigenvalue weighted by atomic mass is 79.9. The van der Waals surface area contributed by atoms with Gasteiger partial charge in [-0.15, -0.1) is 0 Å². The van der Waals surface area contributed by atoms with Crippen molar-refractivity contribution in [2.24, 2.45) is 5.73 Å². The predicted octanol–water partition coefficient (Wildman–Crippen LogP) is 3.92. The minimum Gasteiger partial charge on any atom is -0.494 e. The quantitative estimate of drug-likeness (QED) is 0.855. The van der Waals surface area contributed by atoms with Crippen molar-refractivity contribution in [3.8, 4) is 5.75 Å². The first-order valence-corrected chi connectivity index (χ1v) is 6.47. The van der Waals surface area contributed by atoms with E-state index in [2.05, 4.69) is 15.9 Å². The number of hydrogen-bond acceptors (Lipinski definition) is 2. The summed E-state index contributed by atoms with van der Waals surface area (Å²) in [4.78, 5) is 0. The number of methoxy groups -OCH3 is 1. The molecule has 0 bridgehead atoms. The van der Waals surface area contributed by atoms with Crippen LogP contribution in [0.25, 0.3) is 0 Å². The van der Waals surface area contributed by atoms with Gasteiger partial charge in [0.25, 0.3) is 0 Å². The molecule has 1 atom stereocenters. The third-order valence-electron chi connectivity index (χ3n) is 2.92. The molecule has 0 aliphatic carbocycles. The predicted molar refractivity (Wildman–Crippen MR) is 73.0 cm³/mol. The fourth-order valence-corrected chi connectivity index (χ4v) is 2.21. The number of hydrogen-bond donors (Lipinski definition) is 1. The van der Waals surface area contributed by atoms with Gasteiger partial charge in [-0.3, -0.25) is 0 Å². The molecule has 0 heterocycles. The van der Waals surface area contributed by atoms with Crippen molar-refractivity contribution in [1.29, 1.82) is 0 Å². The van der Waals surface area contributed by atoms with E-state index < -0.39 is 23.5 Å². The summed E-state index contributed by atoms with van der Waals surface area (Å²) in [6, 6.07) is 5.13. The molecule has 2 aromatic rings. The van der Waals surface area contributed by atoms with E-state index in [1.165, 1.54) is 25.3 Å². The lowest BCUT2D eigenvalue weighted by Crippen LogP contribution is -2.16. The van der Waals surface area contributed by atoms with Crippen LogP contribution in [0.2, 0.25) is 0 Å². The van der Waals surface area contributed by atoms with Crippen molar-refractivity contribution >= 4 is 15.9 Å². The number of rotatable bonds is 3.